The van der Waals surface area contributed by atoms with Crippen molar-refractivity contribution in [2.75, 3.05) is 31.5 Å². The van der Waals surface area contributed by atoms with E-state index in [-0.39, 0.29) is 18.4 Å². The Labute approximate surface area is 287 Å². The number of aromatic nitrogens is 4. The van der Waals surface area contributed by atoms with E-state index in [2.05, 4.69) is 46.6 Å². The van der Waals surface area contributed by atoms with Crippen molar-refractivity contribution in [2.24, 2.45) is 0 Å². The van der Waals surface area contributed by atoms with Crippen LogP contribution in [-0.4, -0.2) is 73.6 Å². The van der Waals surface area contributed by atoms with Crippen molar-refractivity contribution in [2.45, 2.75) is 64.0 Å². The van der Waals surface area contributed by atoms with Gasteiger partial charge < -0.3 is 20.1 Å². The van der Waals surface area contributed by atoms with Gasteiger partial charge in [-0.25, -0.2) is 4.52 Å². The predicted molar refractivity (Wildman–Crippen MR) is 187 cm³/mol. The highest BCUT2D eigenvalue weighted by molar-refractivity contribution is 5.94. The third-order valence-corrected chi connectivity index (χ3v) is 9.82. The minimum Gasteiger partial charge on any atom is -0.358 e. The van der Waals surface area contributed by atoms with E-state index in [1.807, 2.05) is 47.4 Å². The highest BCUT2D eigenvalue weighted by atomic mass is 19.4. The molecule has 260 valence electrons. The summed E-state index contributed by atoms with van der Waals surface area (Å²) in [6, 6.07) is 13.4. The van der Waals surface area contributed by atoms with Crippen LogP contribution in [0.25, 0.3) is 22.9 Å². The summed E-state index contributed by atoms with van der Waals surface area (Å²) < 4.78 is 39.4. The van der Waals surface area contributed by atoms with Gasteiger partial charge in [0, 0.05) is 72.6 Å². The lowest BCUT2D eigenvalue weighted by Crippen LogP contribution is -2.39. The van der Waals surface area contributed by atoms with Crippen LogP contribution in [0.5, 0.6) is 0 Å². The number of aromatic amines is 1. The number of alkyl halides is 3. The molecule has 0 bridgehead atoms. The maximum Gasteiger partial charge on any atom is 0.389 e. The highest BCUT2D eigenvalue weighted by Gasteiger charge is 2.30. The minimum atomic E-state index is -4.35. The molecule has 1 atom stereocenters. The van der Waals surface area contributed by atoms with Crippen LogP contribution in [0.4, 0.5) is 24.8 Å². The Bertz CT molecular complexity index is 2090. The van der Waals surface area contributed by atoms with Crippen molar-refractivity contribution in [1.29, 1.82) is 0 Å². The molecule has 1 aromatic carbocycles. The van der Waals surface area contributed by atoms with Crippen LogP contribution < -0.4 is 15.9 Å². The second-order valence-corrected chi connectivity index (χ2v) is 13.3. The summed E-state index contributed by atoms with van der Waals surface area (Å²) in [6.45, 7) is 4.18. The van der Waals surface area contributed by atoms with Crippen molar-refractivity contribution >= 4 is 46.3 Å². The second-order valence-electron chi connectivity index (χ2n) is 13.3. The van der Waals surface area contributed by atoms with Gasteiger partial charge in [0.2, 0.25) is 11.9 Å². The summed E-state index contributed by atoms with van der Waals surface area (Å²) in [5.74, 6) is 0.159. The van der Waals surface area contributed by atoms with Gasteiger partial charge in [0.1, 0.15) is 0 Å². The van der Waals surface area contributed by atoms with Gasteiger partial charge in [-0.05, 0) is 97.9 Å². The summed E-state index contributed by atoms with van der Waals surface area (Å²) in [5, 5.41) is 10.2. The molecule has 3 aliphatic rings. The van der Waals surface area contributed by atoms with E-state index in [9.17, 15) is 22.8 Å². The zero-order valence-electron chi connectivity index (χ0n) is 28.0. The van der Waals surface area contributed by atoms with Crippen LogP contribution in [0.3, 0.4) is 0 Å². The number of fused-ring (bicyclic) bond motifs is 2. The number of anilines is 2. The van der Waals surface area contributed by atoms with E-state index in [1.54, 1.807) is 10.7 Å². The van der Waals surface area contributed by atoms with Crippen molar-refractivity contribution in [3.63, 3.8) is 0 Å². The zero-order valence-corrected chi connectivity index (χ0v) is 28.0. The van der Waals surface area contributed by atoms with Crippen molar-refractivity contribution < 1.29 is 22.8 Å². The Kier molecular flexibility index (Phi) is 9.35. The molecule has 3 aromatic heterocycles. The molecule has 2 amide bonds. The summed E-state index contributed by atoms with van der Waals surface area (Å²) in [4.78, 5) is 37.7. The fourth-order valence-corrected chi connectivity index (χ4v) is 7.07. The van der Waals surface area contributed by atoms with E-state index in [4.69, 9.17) is 4.98 Å². The number of nitrogens with one attached hydrogen (secondary N) is 2. The largest absolute Gasteiger partial charge is 0.389 e. The molecule has 1 fully saturated rings. The van der Waals surface area contributed by atoms with E-state index in [0.717, 1.165) is 49.1 Å². The van der Waals surface area contributed by atoms with Gasteiger partial charge in [-0.2, -0.15) is 18.2 Å². The predicted octanol–water partition coefficient (Wildman–Crippen LogP) is 6.08. The maximum atomic E-state index is 13.6. The first-order chi connectivity index (χ1) is 24.1. The van der Waals surface area contributed by atoms with Crippen LogP contribution >= 0.6 is 0 Å². The van der Waals surface area contributed by atoms with Crippen LogP contribution in [-0.2, 0) is 4.79 Å². The maximum absolute atomic E-state index is 13.6. The molecular weight excluding hydrogens is 643 g/mol. The summed E-state index contributed by atoms with van der Waals surface area (Å²) in [5.41, 5.74) is 6.35. The number of amides is 2. The van der Waals surface area contributed by atoms with Gasteiger partial charge in [-0.3, -0.25) is 9.59 Å². The van der Waals surface area contributed by atoms with E-state index >= 15 is 0 Å². The van der Waals surface area contributed by atoms with E-state index < -0.39 is 24.9 Å². The smallest absolute Gasteiger partial charge is 0.358 e. The number of benzene rings is 1. The highest BCUT2D eigenvalue weighted by Crippen LogP contribution is 2.29. The Morgan fingerprint density at radius 1 is 1.08 bits per heavy atom. The van der Waals surface area contributed by atoms with Gasteiger partial charge in [-0.15, -0.1) is 5.10 Å². The Morgan fingerprint density at radius 2 is 1.92 bits per heavy atom. The molecule has 0 spiro atoms. The molecule has 9 nitrogen and oxygen atoms in total. The second kappa shape index (κ2) is 14.0. The first-order valence-electron chi connectivity index (χ1n) is 17.2. The number of carbonyl (C=O) groups excluding carboxylic acids is 2. The molecule has 2 aliphatic heterocycles. The minimum absolute atomic E-state index is 0.0141. The van der Waals surface area contributed by atoms with Crippen LogP contribution in [0.2, 0.25) is 0 Å². The van der Waals surface area contributed by atoms with Crippen LogP contribution in [0.15, 0.2) is 66.9 Å². The summed E-state index contributed by atoms with van der Waals surface area (Å²) in [7, 11) is 0. The van der Waals surface area contributed by atoms with Gasteiger partial charge in [0.05, 0.1) is 6.42 Å². The lowest BCUT2D eigenvalue weighted by molar-refractivity contribution is -0.148. The number of nitrogens with zero attached hydrogens (tertiary/aromatic N) is 5. The average molecular weight is 684 g/mol. The molecular formula is C38H40F3N7O2. The van der Waals surface area contributed by atoms with Crippen LogP contribution in [0, 0.1) is 0 Å². The number of allylic oxidation sites excluding steroid dienone is 2. The number of halogens is 3. The number of hydrogen-bond donors (Lipinski definition) is 2. The molecule has 7 rings (SSSR count). The quantitative estimate of drug-likeness (QED) is 0.246. The summed E-state index contributed by atoms with van der Waals surface area (Å²) in [6.07, 6.45) is 8.73. The number of rotatable bonds is 7. The van der Waals surface area contributed by atoms with E-state index in [1.165, 1.54) is 26.7 Å². The number of pyridine rings is 1. The lowest BCUT2D eigenvalue weighted by atomic mass is 9.94. The van der Waals surface area contributed by atoms with Crippen molar-refractivity contribution in [3.05, 3.63) is 94.3 Å². The zero-order chi connectivity index (χ0) is 34.8. The van der Waals surface area contributed by atoms with Gasteiger partial charge >= 0.3 is 6.18 Å². The molecule has 0 radical (unpaired) electrons. The monoisotopic (exact) mass is 683 g/mol. The Balaban J connectivity index is 0.999. The number of piperidine rings is 1. The molecule has 1 unspecified atom stereocenters. The number of carbonyl (C=O) groups is 2. The number of H-pyrrole nitrogens is 1. The lowest BCUT2D eigenvalue weighted by Gasteiger charge is -2.32. The average Bonchev–Trinajstić information content (AvgIpc) is 3.73. The normalized spacial score (nSPS) is 18.3. The van der Waals surface area contributed by atoms with Gasteiger partial charge in [0.15, 0.2) is 5.65 Å². The first-order valence-corrected chi connectivity index (χ1v) is 17.2. The van der Waals surface area contributed by atoms with Crippen molar-refractivity contribution in [3.8, 4) is 0 Å². The topological polar surface area (TPSA) is 98.6 Å². The molecule has 1 aliphatic carbocycles. The molecule has 4 aromatic rings. The molecule has 2 N–H and O–H groups in total. The number of hydrogen-bond acceptors (Lipinski definition) is 5. The van der Waals surface area contributed by atoms with Crippen molar-refractivity contribution in [1.82, 2.24) is 29.4 Å². The standard InChI is InChI=1S/C38H40F3N7O2/c1-25-7-3-2-4-8-28-23-32(43-34(25)28)29-9-5-19-47(24-29)36(50)27-11-13-30(14-12-27)42-37-44-35-31(10-6-20-48(35)45-37)26-16-21-46(22-17-26)33(49)15-18-38(39,40)41/h2,4,6,8,10-14,16,20,23,29,43H,3,5,7,9,15,17-19,21-22,24H2,1H3,(H,42,45). The Hall–Kier alpha value is -5.13. The third-order valence-electron chi connectivity index (χ3n) is 9.82. The third kappa shape index (κ3) is 7.39. The number of likely N-dealkylation sites (tertiary alicyclic amines) is 1. The van der Waals surface area contributed by atoms with Gasteiger partial charge in [-0.1, -0.05) is 24.3 Å². The molecule has 5 heterocycles. The SMILES string of the molecule is CC1=c2[nH]c(C3CCCN(C(=O)c4ccc(Nc5nc6c(C7=CCN(C(=O)CCC(F)(F)F)CC7)cccn6n5)cc4)C3)cc2=CC=CCC1. The molecule has 0 saturated carbocycles. The molecule has 50 heavy (non-hydrogen) atoms. The van der Waals surface area contributed by atoms with Gasteiger partial charge in [0.25, 0.3) is 5.91 Å². The molecule has 1 saturated heterocycles. The fourth-order valence-electron chi connectivity index (χ4n) is 7.07. The molecule has 12 heteroatoms. The fraction of sp³-hybridized carbons (Fsp3) is 0.368. The van der Waals surface area contributed by atoms with Crippen LogP contribution in [0.1, 0.15) is 79.4 Å². The summed E-state index contributed by atoms with van der Waals surface area (Å²) >= 11 is 0. The van der Waals surface area contributed by atoms with E-state index in [0.29, 0.717) is 36.7 Å². The first kappa shape index (κ1) is 33.4. The Morgan fingerprint density at radius 3 is 2.70 bits per heavy atom.